The van der Waals surface area contributed by atoms with Gasteiger partial charge in [0.05, 0.1) is 6.04 Å². The van der Waals surface area contributed by atoms with Crippen LogP contribution in [0.25, 0.3) is 0 Å². The molecular formula is C18H24N2O3. The van der Waals surface area contributed by atoms with Crippen LogP contribution in [0.2, 0.25) is 0 Å². The number of hydrogen-bond acceptors (Lipinski definition) is 3. The first-order valence-corrected chi connectivity index (χ1v) is 8.06. The number of carbonyl (C=O) groups is 2. The molecule has 0 aromatic heterocycles. The third-order valence-corrected chi connectivity index (χ3v) is 3.90. The zero-order valence-corrected chi connectivity index (χ0v) is 13.7. The van der Waals surface area contributed by atoms with Crippen LogP contribution in [0, 0.1) is 0 Å². The van der Waals surface area contributed by atoms with Crippen LogP contribution in [-0.2, 0) is 9.53 Å². The van der Waals surface area contributed by atoms with Crippen molar-refractivity contribution < 1.29 is 14.3 Å². The van der Waals surface area contributed by atoms with Crippen LogP contribution in [0.1, 0.15) is 37.8 Å². The minimum absolute atomic E-state index is 0.138. The van der Waals surface area contributed by atoms with E-state index in [1.807, 2.05) is 49.4 Å². The van der Waals surface area contributed by atoms with E-state index in [0.717, 1.165) is 18.4 Å². The average Bonchev–Trinajstić information content (AvgIpc) is 2.70. The summed E-state index contributed by atoms with van der Waals surface area (Å²) in [4.78, 5) is 26.0. The van der Waals surface area contributed by atoms with Crippen molar-refractivity contribution in [2.24, 2.45) is 0 Å². The number of benzene rings is 1. The first kappa shape index (κ1) is 17.1. The summed E-state index contributed by atoms with van der Waals surface area (Å²) in [5, 5.41) is 2.67. The van der Waals surface area contributed by atoms with E-state index in [-0.39, 0.29) is 11.9 Å². The molecule has 1 aliphatic heterocycles. The van der Waals surface area contributed by atoms with Crippen molar-refractivity contribution in [3.63, 3.8) is 0 Å². The SMILES string of the molecule is CCCCNC(=O)O[C@H]1CC=C[C@H](c2ccccc2)N(C)C1=O. The van der Waals surface area contributed by atoms with Crippen molar-refractivity contribution in [2.45, 2.75) is 38.3 Å². The molecule has 0 bridgehead atoms. The fourth-order valence-corrected chi connectivity index (χ4v) is 2.55. The average molecular weight is 316 g/mol. The second-order valence-corrected chi connectivity index (χ2v) is 5.64. The molecule has 0 fully saturated rings. The highest BCUT2D eigenvalue weighted by molar-refractivity contribution is 5.84. The molecule has 2 rings (SSSR count). The zero-order valence-electron chi connectivity index (χ0n) is 13.7. The van der Waals surface area contributed by atoms with Gasteiger partial charge in [0.1, 0.15) is 0 Å². The van der Waals surface area contributed by atoms with E-state index < -0.39 is 12.2 Å². The molecule has 5 nitrogen and oxygen atoms in total. The Hall–Kier alpha value is -2.30. The number of ether oxygens (including phenoxy) is 1. The second kappa shape index (κ2) is 8.36. The van der Waals surface area contributed by atoms with Crippen LogP contribution >= 0.6 is 0 Å². The maximum Gasteiger partial charge on any atom is 0.407 e. The summed E-state index contributed by atoms with van der Waals surface area (Å²) >= 11 is 0. The molecule has 1 heterocycles. The number of carbonyl (C=O) groups excluding carboxylic acids is 2. The molecule has 0 unspecified atom stereocenters. The van der Waals surface area contributed by atoms with Crippen LogP contribution in [0.5, 0.6) is 0 Å². The molecule has 1 aromatic carbocycles. The number of nitrogens with one attached hydrogen (secondary N) is 1. The first-order chi connectivity index (χ1) is 11.1. The molecule has 1 N–H and O–H groups in total. The molecule has 2 amide bonds. The predicted molar refractivity (Wildman–Crippen MR) is 88.9 cm³/mol. The van der Waals surface area contributed by atoms with Crippen LogP contribution in [0.4, 0.5) is 4.79 Å². The van der Waals surface area contributed by atoms with Gasteiger partial charge in [-0.25, -0.2) is 4.79 Å². The predicted octanol–water partition coefficient (Wildman–Crippen LogP) is 3.04. The highest BCUT2D eigenvalue weighted by Gasteiger charge is 2.31. The van der Waals surface area contributed by atoms with Gasteiger partial charge in [-0.15, -0.1) is 0 Å². The van der Waals surface area contributed by atoms with Crippen molar-refractivity contribution in [2.75, 3.05) is 13.6 Å². The standard InChI is InChI=1S/C18H24N2O3/c1-3-4-13-19-18(22)23-16-12-8-11-15(20(2)17(16)21)14-9-6-5-7-10-14/h5-11,15-16H,3-4,12-13H2,1-2H3,(H,19,22)/t15-,16+/m1/s1. The van der Waals surface area contributed by atoms with Crippen LogP contribution in [0.3, 0.4) is 0 Å². The topological polar surface area (TPSA) is 58.6 Å². The molecule has 124 valence electrons. The van der Waals surface area contributed by atoms with Gasteiger partial charge in [-0.3, -0.25) is 4.79 Å². The van der Waals surface area contributed by atoms with Gasteiger partial charge in [-0.1, -0.05) is 55.8 Å². The Balaban J connectivity index is 2.00. The van der Waals surface area contributed by atoms with Crippen molar-refractivity contribution in [3.8, 4) is 0 Å². The molecule has 0 saturated carbocycles. The van der Waals surface area contributed by atoms with Crippen molar-refractivity contribution >= 4 is 12.0 Å². The third-order valence-electron chi connectivity index (χ3n) is 3.90. The number of unbranched alkanes of at least 4 members (excludes halogenated alkanes) is 1. The van der Waals surface area contributed by atoms with E-state index in [1.54, 1.807) is 11.9 Å². The van der Waals surface area contributed by atoms with Crippen molar-refractivity contribution in [3.05, 3.63) is 48.0 Å². The van der Waals surface area contributed by atoms with Crippen molar-refractivity contribution in [1.82, 2.24) is 10.2 Å². The fraction of sp³-hybridized carbons (Fsp3) is 0.444. The van der Waals surface area contributed by atoms with Gasteiger partial charge in [0.2, 0.25) is 0 Å². The Bertz CT molecular complexity index is 557. The lowest BCUT2D eigenvalue weighted by molar-refractivity contribution is -0.139. The molecule has 2 atom stereocenters. The normalized spacial score (nSPS) is 21.0. The number of likely N-dealkylation sites (N-methyl/N-ethyl adjacent to an activating group) is 1. The lowest BCUT2D eigenvalue weighted by atomic mass is 10.1. The van der Waals surface area contributed by atoms with Gasteiger partial charge in [0.15, 0.2) is 6.10 Å². The summed E-state index contributed by atoms with van der Waals surface area (Å²) in [6.07, 6.45) is 4.86. The van der Waals surface area contributed by atoms with Gasteiger partial charge in [0, 0.05) is 20.0 Å². The Labute approximate surface area is 137 Å². The summed E-state index contributed by atoms with van der Waals surface area (Å²) < 4.78 is 5.29. The Morgan fingerprint density at radius 3 is 2.78 bits per heavy atom. The Morgan fingerprint density at radius 2 is 2.09 bits per heavy atom. The van der Waals surface area contributed by atoms with Gasteiger partial charge in [-0.05, 0) is 12.0 Å². The second-order valence-electron chi connectivity index (χ2n) is 5.64. The van der Waals surface area contributed by atoms with E-state index in [9.17, 15) is 9.59 Å². The lowest BCUT2D eigenvalue weighted by Crippen LogP contribution is -2.41. The minimum atomic E-state index is -0.772. The van der Waals surface area contributed by atoms with E-state index in [1.165, 1.54) is 0 Å². The summed E-state index contributed by atoms with van der Waals surface area (Å²) in [5.41, 5.74) is 1.03. The molecule has 23 heavy (non-hydrogen) atoms. The van der Waals surface area contributed by atoms with Crippen LogP contribution in [0.15, 0.2) is 42.5 Å². The molecule has 0 spiro atoms. The zero-order chi connectivity index (χ0) is 16.7. The summed E-state index contributed by atoms with van der Waals surface area (Å²) in [7, 11) is 1.74. The van der Waals surface area contributed by atoms with Crippen LogP contribution < -0.4 is 5.32 Å². The van der Waals surface area contributed by atoms with Crippen molar-refractivity contribution in [1.29, 1.82) is 0 Å². The highest BCUT2D eigenvalue weighted by Crippen LogP contribution is 2.25. The van der Waals surface area contributed by atoms with E-state index >= 15 is 0 Å². The molecular weight excluding hydrogens is 292 g/mol. The number of amides is 2. The number of hydrogen-bond donors (Lipinski definition) is 1. The monoisotopic (exact) mass is 316 g/mol. The maximum atomic E-state index is 12.6. The fourth-order valence-electron chi connectivity index (χ4n) is 2.55. The molecule has 1 aromatic rings. The Kier molecular flexibility index (Phi) is 6.20. The summed E-state index contributed by atoms with van der Waals surface area (Å²) in [5.74, 6) is -0.186. The van der Waals surface area contributed by atoms with Gasteiger partial charge in [0.25, 0.3) is 5.91 Å². The molecule has 0 saturated heterocycles. The third kappa shape index (κ3) is 4.58. The van der Waals surface area contributed by atoms with Crippen LogP contribution in [-0.4, -0.2) is 36.6 Å². The summed E-state index contributed by atoms with van der Waals surface area (Å²) in [6.45, 7) is 2.61. The number of nitrogens with zero attached hydrogens (tertiary/aromatic N) is 1. The summed E-state index contributed by atoms with van der Waals surface area (Å²) in [6, 6.07) is 9.66. The molecule has 0 aliphatic carbocycles. The minimum Gasteiger partial charge on any atom is -0.436 e. The molecule has 5 heteroatoms. The number of rotatable bonds is 5. The quantitative estimate of drug-likeness (QED) is 0.671. The Morgan fingerprint density at radius 1 is 1.35 bits per heavy atom. The maximum absolute atomic E-state index is 12.6. The highest BCUT2D eigenvalue weighted by atomic mass is 16.6. The molecule has 0 radical (unpaired) electrons. The largest absolute Gasteiger partial charge is 0.436 e. The first-order valence-electron chi connectivity index (χ1n) is 8.06. The molecule has 1 aliphatic rings. The number of alkyl carbamates (subject to hydrolysis) is 1. The van der Waals surface area contributed by atoms with E-state index in [0.29, 0.717) is 13.0 Å². The van der Waals surface area contributed by atoms with E-state index in [2.05, 4.69) is 5.32 Å². The smallest absolute Gasteiger partial charge is 0.407 e. The van der Waals surface area contributed by atoms with Gasteiger partial charge >= 0.3 is 6.09 Å². The van der Waals surface area contributed by atoms with Gasteiger partial charge < -0.3 is 15.0 Å². The van der Waals surface area contributed by atoms with Gasteiger partial charge in [-0.2, -0.15) is 0 Å². The van der Waals surface area contributed by atoms with E-state index in [4.69, 9.17) is 4.74 Å². The lowest BCUT2D eigenvalue weighted by Gasteiger charge is -2.27.